The van der Waals surface area contributed by atoms with Crippen LogP contribution in [0.4, 0.5) is 0 Å². The molecule has 0 unspecified atom stereocenters. The average molecular weight is 604 g/mol. The van der Waals surface area contributed by atoms with E-state index in [9.17, 15) is 4.79 Å². The second kappa shape index (κ2) is 15.4. The fraction of sp³-hybridized carbons (Fsp3) is 0.737. The van der Waals surface area contributed by atoms with Gasteiger partial charge in [-0.2, -0.15) is 0 Å². The molecule has 0 amide bonds. The van der Waals surface area contributed by atoms with E-state index in [1.165, 1.54) is 26.4 Å². The molecule has 0 aromatic heterocycles. The van der Waals surface area contributed by atoms with Gasteiger partial charge in [0.2, 0.25) is 0 Å². The van der Waals surface area contributed by atoms with Crippen LogP contribution in [0.3, 0.4) is 0 Å². The van der Waals surface area contributed by atoms with Crippen LogP contribution in [-0.2, 0) is 41.5 Å². The fourth-order valence-electron chi connectivity index (χ4n) is 2.85. The van der Waals surface area contributed by atoms with E-state index in [2.05, 4.69) is 47.9 Å². The Morgan fingerprint density at radius 3 is 2.84 bits per heavy atom. The van der Waals surface area contributed by atoms with Crippen LogP contribution in [-0.4, -0.2) is 25.3 Å². The molecule has 0 radical (unpaired) electrons. The quantitative estimate of drug-likeness (QED) is 0.0893. The average Bonchev–Trinajstić information content (AvgIpc) is 3.09. The first-order chi connectivity index (χ1) is 12.2. The van der Waals surface area contributed by atoms with Gasteiger partial charge in [0.05, 0.1) is 0 Å². The van der Waals surface area contributed by atoms with Crippen molar-refractivity contribution in [1.29, 1.82) is 0 Å². The molecule has 1 saturated heterocycles. The van der Waals surface area contributed by atoms with E-state index in [1.54, 1.807) is 0 Å². The summed E-state index contributed by atoms with van der Waals surface area (Å²) in [5, 5.41) is 0. The molecule has 6 heteroatoms. The standard InChI is InChI=1S/C19H31O4.BrH.Hg/c1-3-4-5-6-7-8-10-13-17-16-18(23-22-17)14-11-9-12-15-19(20)21-2;;/h7-8,10,13-14,17-18H,3-6,9,11-12,15-16H2,1-2H3;1H;/q;;+1/p-1/b8-7-,13-10+;;/t17-,18-;;/m1../s1. The monoisotopic (exact) mass is 604 g/mol. The molecule has 0 N–H and O–H groups in total. The summed E-state index contributed by atoms with van der Waals surface area (Å²) in [5.74, 6) is -0.117. The van der Waals surface area contributed by atoms with Gasteiger partial charge in [-0.1, -0.05) is 6.92 Å². The Labute approximate surface area is 170 Å². The molecule has 0 aromatic carbocycles. The van der Waals surface area contributed by atoms with Crippen molar-refractivity contribution >= 4 is 17.9 Å². The molecule has 0 aromatic rings. The minimum atomic E-state index is -1.10. The third kappa shape index (κ3) is 10.9. The van der Waals surface area contributed by atoms with Crippen molar-refractivity contribution in [3.63, 3.8) is 0 Å². The van der Waals surface area contributed by atoms with Crippen LogP contribution in [0, 0.1) is 0 Å². The summed E-state index contributed by atoms with van der Waals surface area (Å²) in [6.45, 7) is 2.22. The second-order valence-corrected chi connectivity index (χ2v) is 17.5. The molecule has 0 aliphatic carbocycles. The molecule has 25 heavy (non-hydrogen) atoms. The van der Waals surface area contributed by atoms with Gasteiger partial charge in [0.25, 0.3) is 0 Å². The van der Waals surface area contributed by atoms with Gasteiger partial charge in [-0.05, 0) is 0 Å². The van der Waals surface area contributed by atoms with Crippen LogP contribution in [0.5, 0.6) is 0 Å². The van der Waals surface area contributed by atoms with Gasteiger partial charge in [0.15, 0.2) is 0 Å². The number of esters is 1. The third-order valence-electron chi connectivity index (χ3n) is 4.47. The summed E-state index contributed by atoms with van der Waals surface area (Å²) in [4.78, 5) is 22.2. The molecule has 0 bridgehead atoms. The molecular weight excluding hydrogens is 573 g/mol. The van der Waals surface area contributed by atoms with E-state index in [0.717, 1.165) is 32.1 Å². The van der Waals surface area contributed by atoms with Gasteiger partial charge < -0.3 is 0 Å². The number of carbonyl (C=O) groups is 1. The summed E-state index contributed by atoms with van der Waals surface area (Å²) in [6, 6.07) is 0. The SMILES string of the molecule is CCCCC/C=C\C=C\[C@@H]1C[C@@H]([C@H](CCCCC(=O)OC)[Hg][Br])OO1. The number of carbonyl (C=O) groups excluding carboxylic acids is 1. The number of allylic oxidation sites excluding steroid dienone is 3. The van der Waals surface area contributed by atoms with Crippen LogP contribution < -0.4 is 0 Å². The Kier molecular flexibility index (Phi) is 14.3. The molecule has 1 heterocycles. The van der Waals surface area contributed by atoms with Gasteiger partial charge in [-0.15, -0.1) is 0 Å². The van der Waals surface area contributed by atoms with Crippen molar-refractivity contribution in [1.82, 2.24) is 0 Å². The molecule has 3 atom stereocenters. The summed E-state index contributed by atoms with van der Waals surface area (Å²) >= 11 is 2.70. The molecule has 1 aliphatic heterocycles. The molecule has 1 aliphatic rings. The maximum absolute atomic E-state index is 11.1. The first kappa shape index (κ1) is 23.3. The van der Waals surface area contributed by atoms with Crippen LogP contribution >= 0.6 is 11.9 Å². The Bertz CT molecular complexity index is 414. The zero-order valence-corrected chi connectivity index (χ0v) is 22.7. The molecule has 0 saturated carbocycles. The topological polar surface area (TPSA) is 44.8 Å². The van der Waals surface area contributed by atoms with Gasteiger partial charge in [-0.3, -0.25) is 0 Å². The first-order valence-electron chi connectivity index (χ1n) is 9.49. The summed E-state index contributed by atoms with van der Waals surface area (Å²) < 4.78 is 5.30. The number of ether oxygens (including phenoxy) is 1. The van der Waals surface area contributed by atoms with Crippen molar-refractivity contribution in [3.05, 3.63) is 24.3 Å². The zero-order valence-electron chi connectivity index (χ0n) is 15.6. The Balaban J connectivity index is 2.23. The third-order valence-corrected chi connectivity index (χ3v) is 16.9. The Morgan fingerprint density at radius 2 is 2.12 bits per heavy atom. The van der Waals surface area contributed by atoms with Crippen LogP contribution in [0.15, 0.2) is 24.3 Å². The number of unbranched alkanes of at least 4 members (excludes halogenated alkanes) is 4. The molecule has 1 rings (SSSR count). The molecule has 140 valence electrons. The second-order valence-electron chi connectivity index (χ2n) is 6.55. The minimum absolute atomic E-state index is 0.0651. The van der Waals surface area contributed by atoms with Crippen LogP contribution in [0.1, 0.15) is 64.7 Å². The fourth-order valence-corrected chi connectivity index (χ4v) is 12.9. The van der Waals surface area contributed by atoms with Gasteiger partial charge >= 0.3 is 164 Å². The molecule has 0 spiro atoms. The van der Waals surface area contributed by atoms with E-state index >= 15 is 0 Å². The number of hydrogen-bond acceptors (Lipinski definition) is 4. The summed E-state index contributed by atoms with van der Waals surface area (Å²) in [5.41, 5.74) is 0. The summed E-state index contributed by atoms with van der Waals surface area (Å²) in [6.07, 6.45) is 18.3. The van der Waals surface area contributed by atoms with E-state index in [1.807, 2.05) is 0 Å². The van der Waals surface area contributed by atoms with Crippen molar-refractivity contribution in [2.75, 3.05) is 7.11 Å². The van der Waals surface area contributed by atoms with Gasteiger partial charge in [-0.25, -0.2) is 0 Å². The number of methoxy groups -OCH3 is 1. The predicted molar refractivity (Wildman–Crippen MR) is 99.9 cm³/mol. The van der Waals surface area contributed by atoms with E-state index in [-0.39, 0.29) is 18.2 Å². The molecule has 4 nitrogen and oxygen atoms in total. The van der Waals surface area contributed by atoms with Crippen molar-refractivity contribution in [2.45, 2.75) is 80.3 Å². The Morgan fingerprint density at radius 1 is 1.28 bits per heavy atom. The Hall–Kier alpha value is 0.285. The summed E-state index contributed by atoms with van der Waals surface area (Å²) in [7, 11) is 1.44. The predicted octanol–water partition coefficient (Wildman–Crippen LogP) is 5.68. The van der Waals surface area contributed by atoms with Crippen LogP contribution in [0.25, 0.3) is 0 Å². The number of rotatable bonds is 13. The van der Waals surface area contributed by atoms with Crippen LogP contribution in [0.2, 0.25) is 3.43 Å². The number of halogens is 1. The van der Waals surface area contributed by atoms with Gasteiger partial charge in [0, 0.05) is 0 Å². The normalized spacial score (nSPS) is 21.7. The zero-order chi connectivity index (χ0) is 18.3. The van der Waals surface area contributed by atoms with Gasteiger partial charge in [0.1, 0.15) is 0 Å². The molecule has 1 fully saturated rings. The van der Waals surface area contributed by atoms with E-state index < -0.39 is 22.1 Å². The van der Waals surface area contributed by atoms with Crippen molar-refractivity contribution < 1.29 is 41.5 Å². The number of hydrogen-bond donors (Lipinski definition) is 0. The van der Waals surface area contributed by atoms with Crippen molar-refractivity contribution in [2.24, 2.45) is 0 Å². The first-order valence-corrected chi connectivity index (χ1v) is 24.6. The maximum atomic E-state index is 11.1. The van der Waals surface area contributed by atoms with E-state index in [0.29, 0.717) is 9.85 Å². The molecular formula is C19H31BrHgO4. The van der Waals surface area contributed by atoms with Crippen molar-refractivity contribution in [3.8, 4) is 0 Å². The van der Waals surface area contributed by atoms with E-state index in [4.69, 9.17) is 9.78 Å².